The number of rotatable bonds is 3. The van der Waals surface area contributed by atoms with E-state index in [1.165, 1.54) is 0 Å². The van der Waals surface area contributed by atoms with Crippen LogP contribution in [-0.4, -0.2) is 52.6 Å². The zero-order valence-corrected chi connectivity index (χ0v) is 8.46. The first kappa shape index (κ1) is 11.9. The zero-order chi connectivity index (χ0) is 10.7. The van der Waals surface area contributed by atoms with Crippen molar-refractivity contribution in [3.05, 3.63) is 0 Å². The molecular weight excluding hydrogens is 188 g/mol. The number of hydrogen-bond acceptors (Lipinski definition) is 5. The fourth-order valence-corrected chi connectivity index (χ4v) is 1.41. The van der Waals surface area contributed by atoms with Crippen LogP contribution in [0.2, 0.25) is 0 Å². The Morgan fingerprint density at radius 1 is 1.43 bits per heavy atom. The summed E-state index contributed by atoms with van der Waals surface area (Å²) in [4.78, 5) is 0. The average Bonchev–Trinajstić information content (AvgIpc) is 2.11. The molecule has 84 valence electrons. The lowest BCUT2D eigenvalue weighted by Crippen LogP contribution is -2.51. The predicted octanol–water partition coefficient (Wildman–Crippen LogP) is -0.760. The Hall–Kier alpha value is -0.200. The molecule has 0 aromatic carbocycles. The molecule has 14 heavy (non-hydrogen) atoms. The lowest BCUT2D eigenvalue weighted by Gasteiger charge is -2.36. The van der Waals surface area contributed by atoms with E-state index in [4.69, 9.17) is 14.6 Å². The molecule has 0 aromatic rings. The lowest BCUT2D eigenvalue weighted by atomic mass is 10.0. The number of hydrogen-bond donors (Lipinski definition) is 3. The molecule has 5 heteroatoms. The minimum atomic E-state index is -1.04. The molecule has 3 N–H and O–H groups in total. The molecule has 0 saturated carbocycles. The monoisotopic (exact) mass is 206 g/mol. The highest BCUT2D eigenvalue weighted by Crippen LogP contribution is 2.21. The first-order valence-corrected chi connectivity index (χ1v) is 4.82. The topological polar surface area (TPSA) is 79.2 Å². The fourth-order valence-electron chi connectivity index (χ4n) is 1.41. The largest absolute Gasteiger partial charge is 0.394 e. The predicted molar refractivity (Wildman–Crippen MR) is 48.6 cm³/mol. The maximum absolute atomic E-state index is 9.52. The van der Waals surface area contributed by atoms with Crippen molar-refractivity contribution in [2.75, 3.05) is 6.61 Å². The van der Waals surface area contributed by atoms with E-state index in [9.17, 15) is 10.2 Å². The Morgan fingerprint density at radius 2 is 2.07 bits per heavy atom. The van der Waals surface area contributed by atoms with Gasteiger partial charge in [-0.1, -0.05) is 0 Å². The number of aliphatic hydroxyl groups is 3. The van der Waals surface area contributed by atoms with E-state index in [2.05, 4.69) is 0 Å². The maximum Gasteiger partial charge on any atom is 0.186 e. The third kappa shape index (κ3) is 2.90. The van der Waals surface area contributed by atoms with E-state index >= 15 is 0 Å². The summed E-state index contributed by atoms with van der Waals surface area (Å²) < 4.78 is 10.5. The minimum absolute atomic E-state index is 0.0979. The molecule has 1 aliphatic rings. The van der Waals surface area contributed by atoms with Crippen molar-refractivity contribution < 1.29 is 24.8 Å². The van der Waals surface area contributed by atoms with E-state index in [1.54, 1.807) is 0 Å². The Bertz CT molecular complexity index is 173. The Morgan fingerprint density at radius 3 is 2.57 bits per heavy atom. The van der Waals surface area contributed by atoms with E-state index in [0.717, 1.165) is 0 Å². The van der Waals surface area contributed by atoms with Gasteiger partial charge in [-0.15, -0.1) is 0 Å². The molecule has 1 heterocycles. The van der Waals surface area contributed by atoms with E-state index in [1.807, 2.05) is 13.8 Å². The van der Waals surface area contributed by atoms with Gasteiger partial charge in [-0.2, -0.15) is 0 Å². The first-order chi connectivity index (χ1) is 6.54. The second-order valence-corrected chi connectivity index (χ2v) is 3.79. The summed E-state index contributed by atoms with van der Waals surface area (Å²) in [6.07, 6.45) is -3.12. The number of ether oxygens (including phenoxy) is 2. The lowest BCUT2D eigenvalue weighted by molar-refractivity contribution is -0.280. The van der Waals surface area contributed by atoms with Crippen molar-refractivity contribution in [3.63, 3.8) is 0 Å². The molecule has 0 amide bonds. The molecule has 0 radical (unpaired) electrons. The Labute approximate surface area is 83.3 Å². The quantitative estimate of drug-likeness (QED) is 0.565. The zero-order valence-electron chi connectivity index (χ0n) is 8.46. The smallest absolute Gasteiger partial charge is 0.186 e. The third-order valence-corrected chi connectivity index (χ3v) is 2.11. The van der Waals surface area contributed by atoms with Crippen LogP contribution in [0.5, 0.6) is 0 Å². The summed E-state index contributed by atoms with van der Waals surface area (Å²) in [6, 6.07) is 0. The van der Waals surface area contributed by atoms with Crippen LogP contribution in [0.15, 0.2) is 0 Å². The van der Waals surface area contributed by atoms with E-state index < -0.39 is 24.6 Å². The molecule has 0 aromatic heterocycles. The van der Waals surface area contributed by atoms with Crippen LogP contribution in [0.4, 0.5) is 0 Å². The van der Waals surface area contributed by atoms with Crippen LogP contribution in [-0.2, 0) is 9.47 Å². The molecule has 0 spiro atoms. The van der Waals surface area contributed by atoms with Crippen molar-refractivity contribution >= 4 is 0 Å². The minimum Gasteiger partial charge on any atom is -0.394 e. The SMILES string of the molecule is CC(C)O[C@@H]1OC(CO)C[C@H](O)C1O. The van der Waals surface area contributed by atoms with Crippen molar-refractivity contribution in [2.45, 2.75) is 51.0 Å². The third-order valence-electron chi connectivity index (χ3n) is 2.11. The highest BCUT2D eigenvalue weighted by atomic mass is 16.7. The van der Waals surface area contributed by atoms with Crippen molar-refractivity contribution in [3.8, 4) is 0 Å². The van der Waals surface area contributed by atoms with Gasteiger partial charge >= 0.3 is 0 Å². The second-order valence-electron chi connectivity index (χ2n) is 3.79. The summed E-state index contributed by atoms with van der Waals surface area (Å²) in [7, 11) is 0. The van der Waals surface area contributed by atoms with Crippen LogP contribution in [0, 0.1) is 0 Å². The van der Waals surface area contributed by atoms with Gasteiger partial charge in [-0.05, 0) is 13.8 Å². The molecule has 1 fully saturated rings. The van der Waals surface area contributed by atoms with Gasteiger partial charge in [-0.25, -0.2) is 0 Å². The van der Waals surface area contributed by atoms with Crippen LogP contribution in [0.3, 0.4) is 0 Å². The maximum atomic E-state index is 9.52. The van der Waals surface area contributed by atoms with E-state index in [0.29, 0.717) is 0 Å². The van der Waals surface area contributed by atoms with Gasteiger partial charge in [0.1, 0.15) is 6.10 Å². The summed E-state index contributed by atoms with van der Waals surface area (Å²) in [5.41, 5.74) is 0. The van der Waals surface area contributed by atoms with Gasteiger partial charge in [0.2, 0.25) is 0 Å². The van der Waals surface area contributed by atoms with Gasteiger partial charge in [0, 0.05) is 6.42 Å². The summed E-state index contributed by atoms with van der Waals surface area (Å²) in [5, 5.41) is 27.8. The summed E-state index contributed by atoms with van der Waals surface area (Å²) in [6.45, 7) is 3.44. The van der Waals surface area contributed by atoms with Gasteiger partial charge in [-0.3, -0.25) is 0 Å². The fraction of sp³-hybridized carbons (Fsp3) is 1.00. The summed E-state index contributed by atoms with van der Waals surface area (Å²) in [5.74, 6) is 0. The molecule has 5 nitrogen and oxygen atoms in total. The molecule has 4 atom stereocenters. The van der Waals surface area contributed by atoms with Crippen molar-refractivity contribution in [1.29, 1.82) is 0 Å². The highest BCUT2D eigenvalue weighted by Gasteiger charge is 2.37. The normalized spacial score (nSPS) is 39.0. The van der Waals surface area contributed by atoms with Crippen molar-refractivity contribution in [1.82, 2.24) is 0 Å². The summed E-state index contributed by atoms with van der Waals surface area (Å²) >= 11 is 0. The second kappa shape index (κ2) is 5.04. The van der Waals surface area contributed by atoms with Crippen LogP contribution >= 0.6 is 0 Å². The van der Waals surface area contributed by atoms with Gasteiger partial charge in [0.15, 0.2) is 6.29 Å². The highest BCUT2D eigenvalue weighted by molar-refractivity contribution is 4.81. The molecule has 1 aliphatic heterocycles. The molecule has 1 rings (SSSR count). The number of aliphatic hydroxyl groups excluding tert-OH is 3. The molecule has 2 unspecified atom stereocenters. The standard InChI is InChI=1S/C9H18O5/c1-5(2)13-9-8(12)7(11)3-6(4-10)14-9/h5-12H,3-4H2,1-2H3/t6?,7-,8?,9+/m0/s1. The molecule has 1 saturated heterocycles. The van der Waals surface area contributed by atoms with Crippen LogP contribution in [0.1, 0.15) is 20.3 Å². The molecular formula is C9H18O5. The Kier molecular flexibility index (Phi) is 4.28. The van der Waals surface area contributed by atoms with Crippen LogP contribution in [0.25, 0.3) is 0 Å². The van der Waals surface area contributed by atoms with Gasteiger partial charge in [0.25, 0.3) is 0 Å². The van der Waals surface area contributed by atoms with Crippen molar-refractivity contribution in [2.24, 2.45) is 0 Å². The first-order valence-electron chi connectivity index (χ1n) is 4.82. The van der Waals surface area contributed by atoms with Gasteiger partial charge < -0.3 is 24.8 Å². The average molecular weight is 206 g/mol. The van der Waals surface area contributed by atoms with Gasteiger partial charge in [0.05, 0.1) is 24.9 Å². The molecule has 0 aliphatic carbocycles. The van der Waals surface area contributed by atoms with Crippen LogP contribution < -0.4 is 0 Å². The molecule has 0 bridgehead atoms. The Balaban J connectivity index is 2.53. The van der Waals surface area contributed by atoms with E-state index in [-0.39, 0.29) is 19.1 Å².